The van der Waals surface area contributed by atoms with Gasteiger partial charge < -0.3 is 4.90 Å². The van der Waals surface area contributed by atoms with Gasteiger partial charge in [-0.25, -0.2) is 8.78 Å². The van der Waals surface area contributed by atoms with E-state index in [0.717, 1.165) is 11.1 Å². The Bertz CT molecular complexity index is 341. The molecule has 0 aliphatic rings. The first kappa shape index (κ1) is 11.0. The molecule has 0 radical (unpaired) electrons. The fourth-order valence-corrected chi connectivity index (χ4v) is 1.59. The summed E-state index contributed by atoms with van der Waals surface area (Å²) in [5.41, 5.74) is 2.34. The van der Waals surface area contributed by atoms with Gasteiger partial charge in [0.05, 0.1) is 5.69 Å². The average molecular weight is 199 g/mol. The van der Waals surface area contributed by atoms with Crippen molar-refractivity contribution < 1.29 is 8.78 Å². The molecule has 0 saturated carbocycles. The molecule has 0 aromatic heterocycles. The highest BCUT2D eigenvalue weighted by atomic mass is 19.2. The van der Waals surface area contributed by atoms with Crippen molar-refractivity contribution in [3.8, 4) is 0 Å². The van der Waals surface area contributed by atoms with Crippen molar-refractivity contribution in [2.45, 2.75) is 20.8 Å². The predicted molar refractivity (Wildman–Crippen MR) is 54.9 cm³/mol. The Balaban J connectivity index is 3.60. The average Bonchev–Trinajstić information content (AvgIpc) is 2.11. The fourth-order valence-electron chi connectivity index (χ4n) is 1.59. The minimum Gasteiger partial charge on any atom is -0.375 e. The SMILES string of the molecule is Cc1c(C)c(F)c(F)c(N(C)C)c1C. The monoisotopic (exact) mass is 199 g/mol. The molecule has 0 aliphatic carbocycles. The molecule has 1 nitrogen and oxygen atoms in total. The van der Waals surface area contributed by atoms with E-state index >= 15 is 0 Å². The molecule has 1 aromatic carbocycles. The fraction of sp³-hybridized carbons (Fsp3) is 0.455. The van der Waals surface area contributed by atoms with Crippen LogP contribution in [0, 0.1) is 32.4 Å². The summed E-state index contributed by atoms with van der Waals surface area (Å²) < 4.78 is 26.9. The van der Waals surface area contributed by atoms with Gasteiger partial charge in [-0.1, -0.05) is 0 Å². The van der Waals surface area contributed by atoms with E-state index in [1.54, 1.807) is 39.8 Å². The van der Waals surface area contributed by atoms with E-state index in [-0.39, 0.29) is 0 Å². The maximum Gasteiger partial charge on any atom is 0.182 e. The normalized spacial score (nSPS) is 10.5. The van der Waals surface area contributed by atoms with Crippen molar-refractivity contribution in [2.24, 2.45) is 0 Å². The maximum atomic E-state index is 13.5. The highest BCUT2D eigenvalue weighted by Crippen LogP contribution is 2.30. The zero-order valence-electron chi connectivity index (χ0n) is 9.20. The van der Waals surface area contributed by atoms with E-state index in [9.17, 15) is 8.78 Å². The lowest BCUT2D eigenvalue weighted by Gasteiger charge is -2.20. The number of halogens is 2. The lowest BCUT2D eigenvalue weighted by Crippen LogP contribution is -2.15. The van der Waals surface area contributed by atoms with Crippen LogP contribution < -0.4 is 4.90 Å². The van der Waals surface area contributed by atoms with Crippen molar-refractivity contribution in [3.05, 3.63) is 28.3 Å². The largest absolute Gasteiger partial charge is 0.375 e. The van der Waals surface area contributed by atoms with Gasteiger partial charge in [0.1, 0.15) is 0 Å². The molecule has 0 amide bonds. The van der Waals surface area contributed by atoms with Crippen molar-refractivity contribution in [3.63, 3.8) is 0 Å². The van der Waals surface area contributed by atoms with Gasteiger partial charge in [0, 0.05) is 14.1 Å². The van der Waals surface area contributed by atoms with E-state index in [1.807, 2.05) is 0 Å². The first-order valence-corrected chi connectivity index (χ1v) is 4.50. The number of anilines is 1. The van der Waals surface area contributed by atoms with Gasteiger partial charge in [-0.3, -0.25) is 0 Å². The van der Waals surface area contributed by atoms with Crippen LogP contribution in [0.15, 0.2) is 0 Å². The molecule has 1 rings (SSSR count). The Morgan fingerprint density at radius 3 is 1.71 bits per heavy atom. The first-order valence-electron chi connectivity index (χ1n) is 4.50. The lowest BCUT2D eigenvalue weighted by molar-refractivity contribution is 0.501. The minimum absolute atomic E-state index is 0.339. The zero-order chi connectivity index (χ0) is 11.0. The number of hydrogen-bond donors (Lipinski definition) is 0. The molecule has 0 aliphatic heterocycles. The number of hydrogen-bond acceptors (Lipinski definition) is 1. The second-order valence-corrected chi connectivity index (χ2v) is 3.75. The minimum atomic E-state index is -0.754. The molecular formula is C11H15F2N. The van der Waals surface area contributed by atoms with Crippen LogP contribution >= 0.6 is 0 Å². The van der Waals surface area contributed by atoms with Crippen LogP contribution in [0.25, 0.3) is 0 Å². The van der Waals surface area contributed by atoms with E-state index < -0.39 is 11.6 Å². The number of nitrogens with zero attached hydrogens (tertiary/aromatic N) is 1. The first-order chi connectivity index (χ1) is 6.37. The molecule has 0 saturated heterocycles. The van der Waals surface area contributed by atoms with Crippen LogP contribution in [0.4, 0.5) is 14.5 Å². The zero-order valence-corrected chi connectivity index (χ0v) is 9.20. The highest BCUT2D eigenvalue weighted by molar-refractivity contribution is 5.58. The standard InChI is InChI=1S/C11H15F2N/c1-6-7(2)9(12)10(13)11(8(6)3)14(4)5/h1-5H3. The van der Waals surface area contributed by atoms with Crippen molar-refractivity contribution in [1.82, 2.24) is 0 Å². The number of benzene rings is 1. The van der Waals surface area contributed by atoms with Crippen LogP contribution in [-0.2, 0) is 0 Å². The molecule has 0 N–H and O–H groups in total. The van der Waals surface area contributed by atoms with Gasteiger partial charge in [0.15, 0.2) is 11.6 Å². The molecule has 0 unspecified atom stereocenters. The second-order valence-electron chi connectivity index (χ2n) is 3.75. The van der Waals surface area contributed by atoms with Gasteiger partial charge in [0.2, 0.25) is 0 Å². The third-order valence-corrected chi connectivity index (χ3v) is 2.66. The highest BCUT2D eigenvalue weighted by Gasteiger charge is 2.18. The van der Waals surface area contributed by atoms with Gasteiger partial charge in [0.25, 0.3) is 0 Å². The summed E-state index contributed by atoms with van der Waals surface area (Å²) in [5.74, 6) is -1.49. The summed E-state index contributed by atoms with van der Waals surface area (Å²) in [6, 6.07) is 0. The smallest absolute Gasteiger partial charge is 0.182 e. The number of rotatable bonds is 1. The molecule has 3 heteroatoms. The van der Waals surface area contributed by atoms with Crippen LogP contribution in [0.1, 0.15) is 16.7 Å². The molecule has 0 atom stereocenters. The van der Waals surface area contributed by atoms with Gasteiger partial charge in [-0.2, -0.15) is 0 Å². The molecule has 0 spiro atoms. The molecular weight excluding hydrogens is 184 g/mol. The van der Waals surface area contributed by atoms with E-state index in [4.69, 9.17) is 0 Å². The molecule has 14 heavy (non-hydrogen) atoms. The van der Waals surface area contributed by atoms with Crippen molar-refractivity contribution in [1.29, 1.82) is 0 Å². The summed E-state index contributed by atoms with van der Waals surface area (Å²) in [6.07, 6.45) is 0. The molecule has 78 valence electrons. The summed E-state index contributed by atoms with van der Waals surface area (Å²) in [4.78, 5) is 1.60. The molecule has 0 bridgehead atoms. The predicted octanol–water partition coefficient (Wildman–Crippen LogP) is 2.96. The molecule has 0 heterocycles. The van der Waals surface area contributed by atoms with Crippen LogP contribution in [0.3, 0.4) is 0 Å². The molecule has 0 fully saturated rings. The van der Waals surface area contributed by atoms with Gasteiger partial charge in [-0.05, 0) is 37.5 Å². The van der Waals surface area contributed by atoms with Crippen LogP contribution in [0.5, 0.6) is 0 Å². The summed E-state index contributed by atoms with van der Waals surface area (Å²) in [5, 5.41) is 0. The van der Waals surface area contributed by atoms with E-state index in [0.29, 0.717) is 11.3 Å². The van der Waals surface area contributed by atoms with E-state index in [2.05, 4.69) is 0 Å². The topological polar surface area (TPSA) is 3.24 Å². The summed E-state index contributed by atoms with van der Waals surface area (Å²) in [7, 11) is 3.42. The Morgan fingerprint density at radius 1 is 0.786 bits per heavy atom. The Hall–Kier alpha value is -1.12. The lowest BCUT2D eigenvalue weighted by atomic mass is 10.0. The molecule has 1 aromatic rings. The van der Waals surface area contributed by atoms with Crippen molar-refractivity contribution >= 4 is 5.69 Å². The quantitative estimate of drug-likeness (QED) is 0.672. The summed E-state index contributed by atoms with van der Waals surface area (Å²) >= 11 is 0. The van der Waals surface area contributed by atoms with Crippen LogP contribution in [-0.4, -0.2) is 14.1 Å². The van der Waals surface area contributed by atoms with Gasteiger partial charge >= 0.3 is 0 Å². The van der Waals surface area contributed by atoms with Crippen LogP contribution in [0.2, 0.25) is 0 Å². The Morgan fingerprint density at radius 2 is 1.29 bits per heavy atom. The van der Waals surface area contributed by atoms with Crippen molar-refractivity contribution in [2.75, 3.05) is 19.0 Å². The Kier molecular flexibility index (Phi) is 2.79. The Labute approximate surface area is 83.3 Å². The third kappa shape index (κ3) is 1.47. The second kappa shape index (κ2) is 3.56. The third-order valence-electron chi connectivity index (χ3n) is 2.66. The maximum absolute atomic E-state index is 13.5. The van der Waals surface area contributed by atoms with Gasteiger partial charge in [-0.15, -0.1) is 0 Å². The summed E-state index contributed by atoms with van der Waals surface area (Å²) in [6.45, 7) is 5.21. The van der Waals surface area contributed by atoms with E-state index in [1.165, 1.54) is 0 Å².